The van der Waals surface area contributed by atoms with E-state index in [0.717, 1.165) is 23.5 Å². The summed E-state index contributed by atoms with van der Waals surface area (Å²) >= 11 is 4.14. The summed E-state index contributed by atoms with van der Waals surface area (Å²) in [4.78, 5) is -0.162. The fourth-order valence-corrected chi connectivity index (χ4v) is 4.32. The third-order valence-corrected chi connectivity index (χ3v) is 5.74. The van der Waals surface area contributed by atoms with Gasteiger partial charge in [0.15, 0.2) is 0 Å². The number of nitrogen functional groups attached to an aromatic ring is 1. The van der Waals surface area contributed by atoms with Crippen LogP contribution in [0.25, 0.3) is 0 Å². The highest BCUT2D eigenvalue weighted by atomic mass is 79.9. The highest BCUT2D eigenvalue weighted by molar-refractivity contribution is 9.10. The van der Waals surface area contributed by atoms with Crippen molar-refractivity contribution in [2.75, 3.05) is 10.5 Å². The van der Waals surface area contributed by atoms with E-state index in [1.165, 1.54) is 0 Å². The molecule has 1 heterocycles. The summed E-state index contributed by atoms with van der Waals surface area (Å²) in [5, 5.41) is 8.40. The Morgan fingerprint density at radius 1 is 1.45 bits per heavy atom. The number of rotatable bonds is 4. The first-order chi connectivity index (χ1) is 9.33. The van der Waals surface area contributed by atoms with Crippen LogP contribution in [-0.4, -0.2) is 18.6 Å². The summed E-state index contributed by atoms with van der Waals surface area (Å²) in [6.45, 7) is 1.88. The van der Waals surface area contributed by atoms with E-state index < -0.39 is 15.8 Å². The number of aromatic nitrogens is 2. The summed E-state index contributed by atoms with van der Waals surface area (Å²) in [5.41, 5.74) is 5.14. The molecule has 3 N–H and O–H groups in total. The smallest absolute Gasteiger partial charge is 0.264 e. The lowest BCUT2D eigenvalue weighted by molar-refractivity contribution is 0.599. The number of nitrogens with one attached hydrogen (secondary N) is 1. The molecule has 6 nitrogen and oxygen atoms in total. The molecule has 20 heavy (non-hydrogen) atoms. The third-order valence-electron chi connectivity index (χ3n) is 2.33. The Morgan fingerprint density at radius 2 is 2.15 bits per heavy atom. The van der Waals surface area contributed by atoms with Gasteiger partial charge in [0.25, 0.3) is 10.0 Å². The van der Waals surface area contributed by atoms with Crippen LogP contribution in [0.15, 0.2) is 21.5 Å². The molecule has 0 aliphatic carbocycles. The summed E-state index contributed by atoms with van der Waals surface area (Å²) in [7, 11) is -3.91. The van der Waals surface area contributed by atoms with Gasteiger partial charge in [-0.25, -0.2) is 12.8 Å². The van der Waals surface area contributed by atoms with Crippen LogP contribution in [0.1, 0.15) is 11.9 Å². The lowest BCUT2D eigenvalue weighted by Crippen LogP contribution is -2.14. The average molecular weight is 381 g/mol. The van der Waals surface area contributed by atoms with Gasteiger partial charge < -0.3 is 5.73 Å². The molecule has 0 fully saturated rings. The second kappa shape index (κ2) is 5.62. The van der Waals surface area contributed by atoms with Crippen molar-refractivity contribution in [3.05, 3.63) is 27.4 Å². The maximum absolute atomic E-state index is 13.2. The van der Waals surface area contributed by atoms with Crippen LogP contribution in [0.2, 0.25) is 0 Å². The van der Waals surface area contributed by atoms with Gasteiger partial charge in [0.05, 0.1) is 5.69 Å². The highest BCUT2D eigenvalue weighted by Crippen LogP contribution is 2.29. The summed E-state index contributed by atoms with van der Waals surface area (Å²) < 4.78 is 40.0. The van der Waals surface area contributed by atoms with E-state index in [2.05, 4.69) is 30.8 Å². The molecule has 0 saturated carbocycles. The topological polar surface area (TPSA) is 98.0 Å². The predicted molar refractivity (Wildman–Crippen MR) is 78.6 cm³/mol. The molecule has 1 aromatic carbocycles. The fourth-order valence-electron chi connectivity index (χ4n) is 1.36. The van der Waals surface area contributed by atoms with Crippen molar-refractivity contribution in [3.63, 3.8) is 0 Å². The number of hydrogen-bond acceptors (Lipinski definition) is 6. The number of nitrogens with zero attached hydrogens (tertiary/aromatic N) is 2. The van der Waals surface area contributed by atoms with Gasteiger partial charge >= 0.3 is 0 Å². The van der Waals surface area contributed by atoms with Crippen LogP contribution < -0.4 is 10.5 Å². The number of nitrogens with two attached hydrogens (primary N) is 1. The van der Waals surface area contributed by atoms with Gasteiger partial charge in [0, 0.05) is 4.47 Å². The Bertz CT molecular complexity index is 748. The van der Waals surface area contributed by atoms with Gasteiger partial charge in [0.1, 0.15) is 15.7 Å². The van der Waals surface area contributed by atoms with E-state index in [4.69, 9.17) is 5.73 Å². The minimum atomic E-state index is -3.91. The van der Waals surface area contributed by atoms with Crippen LogP contribution in [0, 0.1) is 5.82 Å². The van der Waals surface area contributed by atoms with Gasteiger partial charge in [-0.05, 0) is 34.5 Å². The third kappa shape index (κ3) is 3.07. The van der Waals surface area contributed by atoms with Gasteiger partial charge in [-0.3, -0.25) is 4.72 Å². The van der Waals surface area contributed by atoms with E-state index in [1.54, 1.807) is 0 Å². The molecule has 0 radical (unpaired) electrons. The maximum Gasteiger partial charge on any atom is 0.264 e. The van der Waals surface area contributed by atoms with Crippen LogP contribution in [0.5, 0.6) is 0 Å². The minimum absolute atomic E-state index is 0.0805. The first kappa shape index (κ1) is 15.1. The Morgan fingerprint density at radius 3 is 2.75 bits per heavy atom. The molecule has 1 aromatic heterocycles. The van der Waals surface area contributed by atoms with E-state index >= 15 is 0 Å². The van der Waals surface area contributed by atoms with Crippen molar-refractivity contribution in [1.29, 1.82) is 0 Å². The first-order valence-electron chi connectivity index (χ1n) is 5.43. The molecule has 0 bridgehead atoms. The maximum atomic E-state index is 13.2. The van der Waals surface area contributed by atoms with Crippen LogP contribution in [0.4, 0.5) is 15.2 Å². The predicted octanol–water partition coefficient (Wildman–Crippen LogP) is 2.39. The molecule has 10 heteroatoms. The van der Waals surface area contributed by atoms with Gasteiger partial charge in [-0.15, -0.1) is 10.2 Å². The van der Waals surface area contributed by atoms with Gasteiger partial charge in [-0.2, -0.15) is 0 Å². The molecule has 0 aliphatic heterocycles. The van der Waals surface area contributed by atoms with Crippen molar-refractivity contribution < 1.29 is 12.8 Å². The molecule has 2 aromatic rings. The van der Waals surface area contributed by atoms with Gasteiger partial charge in [-0.1, -0.05) is 18.3 Å². The Labute approximate surface area is 127 Å². The lowest BCUT2D eigenvalue weighted by atomic mass is 10.3. The molecular weight excluding hydrogens is 371 g/mol. The second-order valence-electron chi connectivity index (χ2n) is 3.76. The first-order valence-corrected chi connectivity index (χ1v) is 8.52. The number of sulfonamides is 1. The molecule has 0 unspecified atom stereocenters. The Hall–Kier alpha value is -1.26. The normalized spacial score (nSPS) is 11.6. The molecule has 108 valence electrons. The molecule has 0 atom stereocenters. The number of anilines is 2. The van der Waals surface area contributed by atoms with Crippen molar-refractivity contribution in [1.82, 2.24) is 10.2 Å². The van der Waals surface area contributed by atoms with E-state index in [1.807, 2.05) is 6.92 Å². The molecular formula is C10H10BrFN4O2S2. The number of benzene rings is 1. The van der Waals surface area contributed by atoms with E-state index in [9.17, 15) is 12.8 Å². The van der Waals surface area contributed by atoms with Gasteiger partial charge in [0.2, 0.25) is 5.13 Å². The standard InChI is InChI=1S/C10H10BrFN4O2S2/c1-2-9-14-15-10(19-9)16-20(17,18)8-4-7(13)6(12)3-5(8)11/h3-4H,2,13H2,1H3,(H,15,16). The quantitative estimate of drug-likeness (QED) is 0.793. The Balaban J connectivity index is 2.37. The summed E-state index contributed by atoms with van der Waals surface area (Å²) in [5.74, 6) is -0.694. The number of aryl methyl sites for hydroxylation is 1. The molecule has 0 amide bonds. The van der Waals surface area contributed by atoms with Crippen LogP contribution in [-0.2, 0) is 16.4 Å². The Kier molecular flexibility index (Phi) is 4.25. The number of hydrogen-bond donors (Lipinski definition) is 2. The largest absolute Gasteiger partial charge is 0.396 e. The van der Waals surface area contributed by atoms with Crippen molar-refractivity contribution >= 4 is 48.1 Å². The van der Waals surface area contributed by atoms with Crippen molar-refractivity contribution in [2.45, 2.75) is 18.2 Å². The molecule has 2 rings (SSSR count). The fraction of sp³-hybridized carbons (Fsp3) is 0.200. The lowest BCUT2D eigenvalue weighted by Gasteiger charge is -2.08. The molecule has 0 aliphatic rings. The van der Waals surface area contributed by atoms with Crippen molar-refractivity contribution in [3.8, 4) is 0 Å². The van der Waals surface area contributed by atoms with E-state index in [0.29, 0.717) is 11.4 Å². The monoisotopic (exact) mass is 380 g/mol. The second-order valence-corrected chi connectivity index (χ2v) is 7.33. The van der Waals surface area contributed by atoms with Crippen molar-refractivity contribution in [2.24, 2.45) is 0 Å². The summed E-state index contributed by atoms with van der Waals surface area (Å²) in [6, 6.07) is 2.05. The zero-order chi connectivity index (χ0) is 14.9. The zero-order valence-corrected chi connectivity index (χ0v) is 13.4. The number of halogens is 2. The average Bonchev–Trinajstić information content (AvgIpc) is 2.80. The van der Waals surface area contributed by atoms with E-state index in [-0.39, 0.29) is 20.2 Å². The SMILES string of the molecule is CCc1nnc(NS(=O)(=O)c2cc(N)c(F)cc2Br)s1. The summed E-state index contributed by atoms with van der Waals surface area (Å²) in [6.07, 6.45) is 0.659. The minimum Gasteiger partial charge on any atom is -0.396 e. The molecule has 0 saturated heterocycles. The van der Waals surface area contributed by atoms with Crippen LogP contribution in [0.3, 0.4) is 0 Å². The van der Waals surface area contributed by atoms with Crippen LogP contribution >= 0.6 is 27.3 Å². The zero-order valence-electron chi connectivity index (χ0n) is 10.2. The molecule has 0 spiro atoms. The highest BCUT2D eigenvalue weighted by Gasteiger charge is 2.21.